The molecule has 1 saturated carbocycles. The van der Waals surface area contributed by atoms with E-state index in [4.69, 9.17) is 0 Å². The second-order valence-corrected chi connectivity index (χ2v) is 5.16. The lowest BCUT2D eigenvalue weighted by Gasteiger charge is -2.52. The van der Waals surface area contributed by atoms with Crippen LogP contribution in [0.3, 0.4) is 0 Å². The second kappa shape index (κ2) is 4.27. The van der Waals surface area contributed by atoms with E-state index >= 15 is 0 Å². The van der Waals surface area contributed by atoms with Gasteiger partial charge in [-0.15, -0.1) is 0 Å². The van der Waals surface area contributed by atoms with Crippen LogP contribution >= 0.6 is 0 Å². The van der Waals surface area contributed by atoms with Crippen molar-refractivity contribution >= 4 is 0 Å². The number of piperidine rings is 1. The molecule has 92 valence electrons. The Morgan fingerprint density at radius 3 is 2.18 bits per heavy atom. The maximum atomic E-state index is 9.99. The Balaban J connectivity index is 2.44. The lowest BCUT2D eigenvalue weighted by Crippen LogP contribution is -2.63. The number of rotatable bonds is 0. The molecule has 1 aliphatic heterocycles. The Morgan fingerprint density at radius 1 is 1.06 bits per heavy atom. The first-order valence-corrected chi connectivity index (χ1v) is 6.05. The molecule has 0 bridgehead atoms. The molecule has 1 saturated heterocycles. The average molecular weight is 235 g/mol. The summed E-state index contributed by atoms with van der Waals surface area (Å²) in [4.78, 5) is 0. The smallest absolute Gasteiger partial charge is 0.188 e. The molecule has 17 heavy (non-hydrogen) atoms. The van der Waals surface area contributed by atoms with Crippen LogP contribution in [-0.4, -0.2) is 22.7 Å². The zero-order valence-corrected chi connectivity index (χ0v) is 9.69. The molecule has 0 amide bonds. The maximum absolute atomic E-state index is 9.99. The van der Waals surface area contributed by atoms with Crippen molar-refractivity contribution in [2.45, 2.75) is 51.0 Å². The fourth-order valence-electron chi connectivity index (χ4n) is 3.40. The van der Waals surface area contributed by atoms with Gasteiger partial charge < -0.3 is 10.2 Å². The molecule has 2 aliphatic rings. The summed E-state index contributed by atoms with van der Waals surface area (Å²) in [7, 11) is 0. The predicted octanol–water partition coefficient (Wildman–Crippen LogP) is 0.601. The van der Waals surface area contributed by atoms with Crippen molar-refractivity contribution in [3.8, 4) is 12.1 Å². The standard InChI is InChI=1S/C12H17N3O2/c13-7-12(8-14)10(17)15-9(16)6-11(12)4-2-1-3-5-11/h9-10,15-17H,1-6H2. The van der Waals surface area contributed by atoms with Crippen molar-refractivity contribution in [1.82, 2.24) is 5.32 Å². The van der Waals surface area contributed by atoms with Crippen LogP contribution in [0.4, 0.5) is 0 Å². The van der Waals surface area contributed by atoms with Crippen molar-refractivity contribution in [3.05, 3.63) is 0 Å². The highest BCUT2D eigenvalue weighted by atomic mass is 16.3. The van der Waals surface area contributed by atoms with Gasteiger partial charge in [-0.3, -0.25) is 5.32 Å². The fourth-order valence-corrected chi connectivity index (χ4v) is 3.40. The summed E-state index contributed by atoms with van der Waals surface area (Å²) in [5, 5.41) is 41.0. The molecule has 0 aromatic heterocycles. The van der Waals surface area contributed by atoms with Crippen LogP contribution in [0.2, 0.25) is 0 Å². The normalized spacial score (nSPS) is 34.8. The van der Waals surface area contributed by atoms with E-state index in [1.165, 1.54) is 0 Å². The quantitative estimate of drug-likeness (QED) is 0.571. The van der Waals surface area contributed by atoms with E-state index in [0.29, 0.717) is 6.42 Å². The topological polar surface area (TPSA) is 100 Å². The molecule has 5 nitrogen and oxygen atoms in total. The van der Waals surface area contributed by atoms with E-state index in [1.54, 1.807) is 0 Å². The van der Waals surface area contributed by atoms with E-state index in [1.807, 2.05) is 12.1 Å². The van der Waals surface area contributed by atoms with Crippen molar-refractivity contribution < 1.29 is 10.2 Å². The molecule has 1 heterocycles. The van der Waals surface area contributed by atoms with Crippen LogP contribution in [0.5, 0.6) is 0 Å². The van der Waals surface area contributed by atoms with E-state index in [-0.39, 0.29) is 0 Å². The van der Waals surface area contributed by atoms with Crippen LogP contribution < -0.4 is 5.32 Å². The minimum atomic E-state index is -1.44. The van der Waals surface area contributed by atoms with Crippen LogP contribution in [-0.2, 0) is 0 Å². The molecule has 2 fully saturated rings. The summed E-state index contributed by atoms with van der Waals surface area (Å²) in [6.45, 7) is 0. The number of aliphatic hydroxyl groups excluding tert-OH is 2. The number of nitriles is 2. The Labute approximate surface area is 101 Å². The van der Waals surface area contributed by atoms with Gasteiger partial charge in [0, 0.05) is 5.41 Å². The molecule has 2 unspecified atom stereocenters. The van der Waals surface area contributed by atoms with Gasteiger partial charge in [-0.25, -0.2) is 0 Å². The first kappa shape index (κ1) is 12.3. The van der Waals surface area contributed by atoms with E-state index in [2.05, 4.69) is 5.32 Å². The molecule has 3 N–H and O–H groups in total. The van der Waals surface area contributed by atoms with Gasteiger partial charge in [0.05, 0.1) is 12.1 Å². The average Bonchev–Trinajstić information content (AvgIpc) is 2.31. The van der Waals surface area contributed by atoms with Crippen LogP contribution in [0.25, 0.3) is 0 Å². The molecular weight excluding hydrogens is 218 g/mol. The van der Waals surface area contributed by atoms with Crippen LogP contribution in [0.1, 0.15) is 38.5 Å². The first-order chi connectivity index (χ1) is 8.10. The van der Waals surface area contributed by atoms with Crippen LogP contribution in [0, 0.1) is 33.5 Å². The Kier molecular flexibility index (Phi) is 3.09. The second-order valence-electron chi connectivity index (χ2n) is 5.16. The minimum Gasteiger partial charge on any atom is -0.379 e. The first-order valence-electron chi connectivity index (χ1n) is 6.05. The molecule has 0 radical (unpaired) electrons. The summed E-state index contributed by atoms with van der Waals surface area (Å²) in [6, 6.07) is 4.03. The lowest BCUT2D eigenvalue weighted by molar-refractivity contribution is -0.131. The Morgan fingerprint density at radius 2 is 1.65 bits per heavy atom. The third kappa shape index (κ3) is 1.63. The van der Waals surface area contributed by atoms with Gasteiger partial charge >= 0.3 is 0 Å². The third-order valence-corrected chi connectivity index (χ3v) is 4.34. The maximum Gasteiger partial charge on any atom is 0.188 e. The third-order valence-electron chi connectivity index (χ3n) is 4.34. The largest absolute Gasteiger partial charge is 0.379 e. The number of nitrogens with zero attached hydrogens (tertiary/aromatic N) is 2. The summed E-state index contributed by atoms with van der Waals surface area (Å²) in [5.41, 5.74) is -2.01. The molecule has 1 aliphatic carbocycles. The van der Waals surface area contributed by atoms with Gasteiger partial charge in [0.2, 0.25) is 0 Å². The number of nitrogens with one attached hydrogen (secondary N) is 1. The van der Waals surface area contributed by atoms with Gasteiger partial charge in [0.15, 0.2) is 5.41 Å². The fraction of sp³-hybridized carbons (Fsp3) is 0.833. The zero-order chi connectivity index (χ0) is 12.5. The molecular formula is C12H17N3O2. The highest BCUT2D eigenvalue weighted by Crippen LogP contribution is 2.55. The zero-order valence-electron chi connectivity index (χ0n) is 9.69. The molecule has 0 aromatic rings. The van der Waals surface area contributed by atoms with Gasteiger partial charge in [-0.2, -0.15) is 10.5 Å². The van der Waals surface area contributed by atoms with Gasteiger partial charge in [0.1, 0.15) is 12.5 Å². The van der Waals surface area contributed by atoms with Gasteiger partial charge in [0.25, 0.3) is 0 Å². The van der Waals surface area contributed by atoms with Gasteiger partial charge in [-0.05, 0) is 19.3 Å². The number of hydrogen-bond donors (Lipinski definition) is 3. The molecule has 0 aromatic carbocycles. The monoisotopic (exact) mass is 235 g/mol. The lowest BCUT2D eigenvalue weighted by atomic mass is 9.54. The van der Waals surface area contributed by atoms with Crippen molar-refractivity contribution in [1.29, 1.82) is 10.5 Å². The van der Waals surface area contributed by atoms with E-state index in [9.17, 15) is 20.7 Å². The summed E-state index contributed by atoms with van der Waals surface area (Å²) in [5.74, 6) is 0. The summed E-state index contributed by atoms with van der Waals surface area (Å²) in [6.07, 6.45) is 2.69. The van der Waals surface area contributed by atoms with Crippen molar-refractivity contribution in [2.24, 2.45) is 10.8 Å². The number of hydrogen-bond acceptors (Lipinski definition) is 5. The predicted molar refractivity (Wildman–Crippen MR) is 58.9 cm³/mol. The van der Waals surface area contributed by atoms with Crippen LogP contribution in [0.15, 0.2) is 0 Å². The molecule has 2 rings (SSSR count). The Bertz CT molecular complexity index is 362. The Hall–Kier alpha value is -1.14. The van der Waals surface area contributed by atoms with Crippen molar-refractivity contribution in [2.75, 3.05) is 0 Å². The van der Waals surface area contributed by atoms with Gasteiger partial charge in [-0.1, -0.05) is 19.3 Å². The molecule has 5 heteroatoms. The summed E-state index contributed by atoms with van der Waals surface area (Å²) < 4.78 is 0. The van der Waals surface area contributed by atoms with Crippen molar-refractivity contribution in [3.63, 3.8) is 0 Å². The van der Waals surface area contributed by atoms with E-state index in [0.717, 1.165) is 32.1 Å². The highest BCUT2D eigenvalue weighted by Gasteiger charge is 2.60. The highest BCUT2D eigenvalue weighted by molar-refractivity contribution is 5.26. The number of aliphatic hydroxyl groups is 2. The minimum absolute atomic E-state index is 0.366. The SMILES string of the molecule is N#CC1(C#N)C(O)NC(O)CC12CCCCC2. The molecule has 1 spiro atoms. The molecule has 2 atom stereocenters. The summed E-state index contributed by atoms with van der Waals surface area (Å²) >= 11 is 0. The van der Waals surface area contributed by atoms with E-state index < -0.39 is 23.3 Å².